The molecule has 4 nitrogen and oxygen atoms in total. The summed E-state index contributed by atoms with van der Waals surface area (Å²) in [5.74, 6) is -3.88. The summed E-state index contributed by atoms with van der Waals surface area (Å²) in [6, 6.07) is 7.31. The minimum atomic E-state index is -0.813. The average Bonchev–Trinajstić information content (AvgIpc) is 2.80. The van der Waals surface area contributed by atoms with Crippen LogP contribution in [0.15, 0.2) is 48.2 Å². The maximum absolute atomic E-state index is 13.8. The number of nitrogens with zero attached hydrogens (tertiary/aromatic N) is 1. The van der Waals surface area contributed by atoms with Gasteiger partial charge >= 0.3 is 0 Å². The first kappa shape index (κ1) is 15.8. The van der Waals surface area contributed by atoms with Crippen molar-refractivity contribution in [3.8, 4) is 0 Å². The van der Waals surface area contributed by atoms with E-state index >= 15 is 0 Å². The number of hydrogen-bond donors (Lipinski definition) is 1. The molecule has 3 rings (SSSR count). The molecular formula is C17H11F3N2O2. The second-order valence-electron chi connectivity index (χ2n) is 5.18. The Balaban J connectivity index is 1.89. The number of halogens is 3. The Kier molecular flexibility index (Phi) is 3.84. The van der Waals surface area contributed by atoms with Gasteiger partial charge in [0.25, 0.3) is 11.8 Å². The van der Waals surface area contributed by atoms with E-state index in [0.29, 0.717) is 4.90 Å². The molecule has 0 saturated heterocycles. The van der Waals surface area contributed by atoms with Crippen molar-refractivity contribution in [1.82, 2.24) is 0 Å². The van der Waals surface area contributed by atoms with Crippen molar-refractivity contribution in [2.75, 3.05) is 10.2 Å². The zero-order valence-corrected chi connectivity index (χ0v) is 12.4. The molecule has 0 spiro atoms. The fourth-order valence-electron chi connectivity index (χ4n) is 2.29. The third-order valence-corrected chi connectivity index (χ3v) is 3.57. The van der Waals surface area contributed by atoms with Crippen LogP contribution in [-0.2, 0) is 9.59 Å². The van der Waals surface area contributed by atoms with Crippen LogP contribution in [0.4, 0.5) is 24.5 Å². The lowest BCUT2D eigenvalue weighted by atomic mass is 10.2. The highest BCUT2D eigenvalue weighted by Crippen LogP contribution is 2.27. The molecule has 2 amide bonds. The Morgan fingerprint density at radius 1 is 0.958 bits per heavy atom. The van der Waals surface area contributed by atoms with Crippen molar-refractivity contribution >= 4 is 23.2 Å². The van der Waals surface area contributed by atoms with Crippen LogP contribution in [0, 0.1) is 24.4 Å². The third-order valence-electron chi connectivity index (χ3n) is 3.57. The zero-order valence-electron chi connectivity index (χ0n) is 12.4. The molecule has 1 aliphatic rings. The van der Waals surface area contributed by atoms with E-state index in [1.165, 1.54) is 25.1 Å². The molecule has 7 heteroatoms. The van der Waals surface area contributed by atoms with Crippen LogP contribution in [0.5, 0.6) is 0 Å². The second-order valence-corrected chi connectivity index (χ2v) is 5.18. The normalized spacial score (nSPS) is 14.2. The van der Waals surface area contributed by atoms with E-state index in [1.807, 2.05) is 0 Å². The quantitative estimate of drug-likeness (QED) is 0.878. The molecule has 24 heavy (non-hydrogen) atoms. The first-order valence-corrected chi connectivity index (χ1v) is 6.96. The molecule has 0 saturated carbocycles. The summed E-state index contributed by atoms with van der Waals surface area (Å²) < 4.78 is 40.9. The Bertz CT molecular complexity index is 870. The summed E-state index contributed by atoms with van der Waals surface area (Å²) >= 11 is 0. The first-order chi connectivity index (χ1) is 11.4. The van der Waals surface area contributed by atoms with Gasteiger partial charge in [-0.2, -0.15) is 0 Å². The Labute approximate surface area is 135 Å². The number of rotatable bonds is 3. The molecule has 122 valence electrons. The van der Waals surface area contributed by atoms with Crippen molar-refractivity contribution < 1.29 is 22.8 Å². The molecule has 0 fully saturated rings. The highest BCUT2D eigenvalue weighted by Gasteiger charge is 2.34. The van der Waals surface area contributed by atoms with Gasteiger partial charge in [0.05, 0.1) is 5.69 Å². The molecule has 0 unspecified atom stereocenters. The van der Waals surface area contributed by atoms with Crippen LogP contribution in [-0.4, -0.2) is 11.8 Å². The third kappa shape index (κ3) is 2.64. The lowest BCUT2D eigenvalue weighted by Gasteiger charge is -2.16. The monoisotopic (exact) mass is 332 g/mol. The van der Waals surface area contributed by atoms with Crippen molar-refractivity contribution in [2.24, 2.45) is 0 Å². The van der Waals surface area contributed by atoms with Crippen molar-refractivity contribution in [3.63, 3.8) is 0 Å². The van der Waals surface area contributed by atoms with Gasteiger partial charge in [0.15, 0.2) is 0 Å². The molecule has 2 aromatic rings. The van der Waals surface area contributed by atoms with Gasteiger partial charge in [0.1, 0.15) is 23.1 Å². The van der Waals surface area contributed by atoms with Gasteiger partial charge in [0.2, 0.25) is 0 Å². The number of imide groups is 1. The topological polar surface area (TPSA) is 49.4 Å². The lowest BCUT2D eigenvalue weighted by molar-refractivity contribution is -0.120. The predicted molar refractivity (Wildman–Crippen MR) is 81.7 cm³/mol. The van der Waals surface area contributed by atoms with Crippen LogP contribution >= 0.6 is 0 Å². The Morgan fingerprint density at radius 3 is 2.21 bits per heavy atom. The number of hydrogen-bond acceptors (Lipinski definition) is 3. The number of para-hydroxylation sites is 1. The van der Waals surface area contributed by atoms with Gasteiger partial charge in [-0.15, -0.1) is 0 Å². The van der Waals surface area contributed by atoms with Gasteiger partial charge in [-0.25, -0.2) is 18.1 Å². The van der Waals surface area contributed by atoms with Gasteiger partial charge in [-0.3, -0.25) is 9.59 Å². The molecular weight excluding hydrogens is 321 g/mol. The van der Waals surface area contributed by atoms with Crippen LogP contribution in [0.2, 0.25) is 0 Å². The molecule has 0 aromatic heterocycles. The fourth-order valence-corrected chi connectivity index (χ4v) is 2.29. The van der Waals surface area contributed by atoms with Gasteiger partial charge in [-0.1, -0.05) is 12.1 Å². The molecule has 0 radical (unpaired) electrons. The zero-order chi connectivity index (χ0) is 17.4. The molecule has 0 aliphatic carbocycles. The molecule has 1 N–H and O–H groups in total. The SMILES string of the molecule is Cc1c(F)cc(NC2=CC(=O)N(c3ccccc3F)C2=O)cc1F. The van der Waals surface area contributed by atoms with Gasteiger partial charge in [-0.05, 0) is 31.2 Å². The van der Waals surface area contributed by atoms with E-state index < -0.39 is 29.3 Å². The van der Waals surface area contributed by atoms with Crippen LogP contribution < -0.4 is 10.2 Å². The summed E-state index contributed by atoms with van der Waals surface area (Å²) in [6.45, 7) is 1.28. The van der Waals surface area contributed by atoms with Crippen molar-refractivity contribution in [2.45, 2.75) is 6.92 Å². The van der Waals surface area contributed by atoms with Crippen LogP contribution in [0.1, 0.15) is 5.56 Å². The Morgan fingerprint density at radius 2 is 1.58 bits per heavy atom. The summed E-state index contributed by atoms with van der Waals surface area (Å²) in [5, 5.41) is 2.50. The smallest absolute Gasteiger partial charge is 0.282 e. The van der Waals surface area contributed by atoms with Gasteiger partial charge in [0, 0.05) is 17.3 Å². The van der Waals surface area contributed by atoms with E-state index in [9.17, 15) is 22.8 Å². The number of anilines is 2. The lowest BCUT2D eigenvalue weighted by Crippen LogP contribution is -2.32. The minimum absolute atomic E-state index is 0.0293. The number of nitrogens with one attached hydrogen (secondary N) is 1. The highest BCUT2D eigenvalue weighted by molar-refractivity contribution is 6.31. The number of benzene rings is 2. The van der Waals surface area contributed by atoms with E-state index in [0.717, 1.165) is 24.3 Å². The maximum atomic E-state index is 13.8. The number of carbonyl (C=O) groups excluding carboxylic acids is 2. The fraction of sp³-hybridized carbons (Fsp3) is 0.0588. The van der Waals surface area contributed by atoms with Crippen molar-refractivity contribution in [3.05, 3.63) is 71.2 Å². The first-order valence-electron chi connectivity index (χ1n) is 6.96. The number of carbonyl (C=O) groups is 2. The summed E-state index contributed by atoms with van der Waals surface area (Å²) in [4.78, 5) is 25.0. The van der Waals surface area contributed by atoms with Crippen molar-refractivity contribution in [1.29, 1.82) is 0 Å². The molecule has 2 aromatic carbocycles. The van der Waals surface area contributed by atoms with E-state index in [-0.39, 0.29) is 22.6 Å². The largest absolute Gasteiger partial charge is 0.351 e. The van der Waals surface area contributed by atoms with Crippen LogP contribution in [0.25, 0.3) is 0 Å². The maximum Gasteiger partial charge on any atom is 0.282 e. The Hall–Kier alpha value is -3.09. The summed E-state index contributed by atoms with van der Waals surface area (Å²) in [7, 11) is 0. The van der Waals surface area contributed by atoms with E-state index in [1.54, 1.807) is 0 Å². The minimum Gasteiger partial charge on any atom is -0.351 e. The summed E-state index contributed by atoms with van der Waals surface area (Å²) in [5.41, 5.74) is -0.581. The summed E-state index contributed by atoms with van der Waals surface area (Å²) in [6.07, 6.45) is 0.949. The van der Waals surface area contributed by atoms with Gasteiger partial charge < -0.3 is 5.32 Å². The second kappa shape index (κ2) is 5.84. The van der Waals surface area contributed by atoms with Crippen LogP contribution in [0.3, 0.4) is 0 Å². The van der Waals surface area contributed by atoms with E-state index in [2.05, 4.69) is 5.32 Å². The molecule has 1 aliphatic heterocycles. The molecule has 1 heterocycles. The average molecular weight is 332 g/mol. The standard InChI is InChI=1S/C17H11F3N2O2/c1-9-12(19)6-10(7-13(9)20)21-14-8-16(23)22(17(14)24)15-5-3-2-4-11(15)18/h2-8,21H,1H3. The van der Waals surface area contributed by atoms with E-state index in [4.69, 9.17) is 0 Å². The highest BCUT2D eigenvalue weighted by atomic mass is 19.1. The predicted octanol–water partition coefficient (Wildman–Crippen LogP) is 3.28. The molecule has 0 bridgehead atoms. The molecule has 0 atom stereocenters. The number of amides is 2.